The Balaban J connectivity index is 1.02. The quantitative estimate of drug-likeness (QED) is 0.0988. The zero-order valence-corrected chi connectivity index (χ0v) is 24.7. The van der Waals surface area contributed by atoms with Gasteiger partial charge in [0.25, 0.3) is 5.69 Å². The van der Waals surface area contributed by atoms with Crippen molar-refractivity contribution in [1.82, 2.24) is 0 Å². The standard InChI is InChI=1S/C36H27N3O7/c1-19-16-23(46-36(43)20-17-29(40)37(18-20)21-10-12-22(13-11-21)39(44)45)14-15-28(19)38-34(41)32-30-24-6-2-3-7-25(24)31(33(32)35(38)42)27-9-5-4-8-26(27)30/h2-16,20,30-33H,17-18H2,1H3/t20-,30?,31?,32-,33+/m1/s1. The predicted molar refractivity (Wildman–Crippen MR) is 166 cm³/mol. The molecule has 10 nitrogen and oxygen atoms in total. The highest BCUT2D eigenvalue weighted by atomic mass is 16.6. The van der Waals surface area contributed by atoms with Gasteiger partial charge in [0, 0.05) is 42.6 Å². The summed E-state index contributed by atoms with van der Waals surface area (Å²) < 4.78 is 5.66. The van der Waals surface area contributed by atoms with Crippen molar-refractivity contribution in [3.63, 3.8) is 0 Å². The zero-order valence-electron chi connectivity index (χ0n) is 24.7. The van der Waals surface area contributed by atoms with Crippen LogP contribution in [-0.2, 0) is 19.2 Å². The lowest BCUT2D eigenvalue weighted by molar-refractivity contribution is -0.384. The molecule has 3 amide bonds. The molecule has 0 radical (unpaired) electrons. The summed E-state index contributed by atoms with van der Waals surface area (Å²) in [7, 11) is 0. The Bertz CT molecular complexity index is 1890. The number of nitro groups is 1. The number of non-ortho nitro benzene ring substituents is 1. The summed E-state index contributed by atoms with van der Waals surface area (Å²) in [6.07, 6.45) is -0.0560. The fourth-order valence-corrected chi connectivity index (χ4v) is 7.93. The molecule has 0 spiro atoms. The van der Waals surface area contributed by atoms with Crippen LogP contribution in [0.25, 0.3) is 0 Å². The van der Waals surface area contributed by atoms with Crippen molar-refractivity contribution in [2.75, 3.05) is 16.3 Å². The summed E-state index contributed by atoms with van der Waals surface area (Å²) in [6, 6.07) is 26.6. The minimum absolute atomic E-state index is 0.0560. The highest BCUT2D eigenvalue weighted by Gasteiger charge is 2.61. The van der Waals surface area contributed by atoms with Gasteiger partial charge in [0.1, 0.15) is 5.75 Å². The molecule has 10 heteroatoms. The van der Waals surface area contributed by atoms with Gasteiger partial charge in [-0.2, -0.15) is 0 Å². The molecule has 0 saturated carbocycles. The Morgan fingerprint density at radius 3 is 1.85 bits per heavy atom. The van der Waals surface area contributed by atoms with E-state index in [4.69, 9.17) is 4.74 Å². The van der Waals surface area contributed by atoms with E-state index in [9.17, 15) is 29.3 Å². The molecule has 0 N–H and O–H groups in total. The topological polar surface area (TPSA) is 127 Å². The summed E-state index contributed by atoms with van der Waals surface area (Å²) in [5.74, 6) is -3.22. The number of aryl methyl sites for hydroxylation is 1. The summed E-state index contributed by atoms with van der Waals surface area (Å²) in [5.41, 5.74) is 5.84. The molecular formula is C36H27N3O7. The normalized spacial score (nSPS) is 24.1. The van der Waals surface area contributed by atoms with Crippen molar-refractivity contribution in [2.24, 2.45) is 17.8 Å². The fraction of sp³-hybridized carbons (Fsp3) is 0.222. The number of carbonyl (C=O) groups excluding carboxylic acids is 4. The molecule has 9 rings (SSSR count). The first-order chi connectivity index (χ1) is 22.2. The van der Waals surface area contributed by atoms with E-state index < -0.39 is 28.6 Å². The van der Waals surface area contributed by atoms with Gasteiger partial charge in [-0.15, -0.1) is 0 Å². The van der Waals surface area contributed by atoms with E-state index in [-0.39, 0.29) is 54.0 Å². The average molecular weight is 614 g/mol. The van der Waals surface area contributed by atoms with Gasteiger partial charge in [-0.3, -0.25) is 29.3 Å². The van der Waals surface area contributed by atoms with Gasteiger partial charge in [0.05, 0.1) is 28.4 Å². The number of rotatable bonds is 5. The number of nitro benzene ring substituents is 1. The molecule has 3 atom stereocenters. The maximum absolute atomic E-state index is 14.1. The number of hydrogen-bond donors (Lipinski definition) is 0. The summed E-state index contributed by atoms with van der Waals surface area (Å²) >= 11 is 0. The van der Waals surface area contributed by atoms with E-state index in [1.807, 2.05) is 24.3 Å². The number of carbonyl (C=O) groups is 4. The van der Waals surface area contributed by atoms with Crippen LogP contribution in [0.4, 0.5) is 17.1 Å². The molecule has 0 aromatic heterocycles. The lowest BCUT2D eigenvalue weighted by Gasteiger charge is -2.45. The van der Waals surface area contributed by atoms with Crippen molar-refractivity contribution in [2.45, 2.75) is 25.2 Å². The van der Waals surface area contributed by atoms with Gasteiger partial charge in [0.2, 0.25) is 17.7 Å². The molecule has 3 aliphatic carbocycles. The Labute approximate surface area is 263 Å². The lowest BCUT2D eigenvalue weighted by atomic mass is 9.55. The largest absolute Gasteiger partial charge is 0.426 e. The minimum Gasteiger partial charge on any atom is -0.426 e. The fourth-order valence-electron chi connectivity index (χ4n) is 7.93. The molecule has 2 heterocycles. The number of imide groups is 1. The second kappa shape index (κ2) is 10.2. The molecule has 4 aromatic carbocycles. The number of amides is 3. The highest BCUT2D eigenvalue weighted by Crippen LogP contribution is 2.61. The zero-order chi connectivity index (χ0) is 31.9. The number of anilines is 2. The molecule has 5 aliphatic rings. The van der Waals surface area contributed by atoms with Crippen molar-refractivity contribution < 1.29 is 28.8 Å². The van der Waals surface area contributed by atoms with E-state index in [0.29, 0.717) is 16.9 Å². The van der Waals surface area contributed by atoms with Crippen molar-refractivity contribution >= 4 is 40.8 Å². The van der Waals surface area contributed by atoms with E-state index in [1.165, 1.54) is 34.1 Å². The molecule has 2 bridgehead atoms. The van der Waals surface area contributed by atoms with Crippen LogP contribution in [-0.4, -0.2) is 35.2 Å². The minimum atomic E-state index is -0.730. The van der Waals surface area contributed by atoms with Gasteiger partial charge in [-0.1, -0.05) is 48.5 Å². The first-order valence-electron chi connectivity index (χ1n) is 15.2. The first-order valence-corrected chi connectivity index (χ1v) is 15.2. The Morgan fingerprint density at radius 2 is 1.35 bits per heavy atom. The van der Waals surface area contributed by atoms with Crippen LogP contribution in [0.15, 0.2) is 91.0 Å². The summed E-state index contributed by atoms with van der Waals surface area (Å²) in [4.78, 5) is 67.2. The number of nitrogens with zero attached hydrogens (tertiary/aromatic N) is 3. The van der Waals surface area contributed by atoms with E-state index in [1.54, 1.807) is 25.1 Å². The number of ether oxygens (including phenoxy) is 1. The molecule has 0 unspecified atom stereocenters. The SMILES string of the molecule is Cc1cc(OC(=O)[C@@H]2CC(=O)N(c3ccc([N+](=O)[O-])cc3)C2)ccc1N1C(=O)[C@@H]2C3c4ccccc4C(c4ccccc43)[C@@H]2C1=O. The smallest absolute Gasteiger partial charge is 0.316 e. The summed E-state index contributed by atoms with van der Waals surface area (Å²) in [6.45, 7) is 1.85. The molecule has 46 heavy (non-hydrogen) atoms. The van der Waals surface area contributed by atoms with Gasteiger partial charge < -0.3 is 9.64 Å². The van der Waals surface area contributed by atoms with Gasteiger partial charge in [-0.25, -0.2) is 4.90 Å². The number of benzene rings is 4. The Hall–Kier alpha value is -5.64. The third-order valence-electron chi connectivity index (χ3n) is 9.91. The number of esters is 1. The third-order valence-corrected chi connectivity index (χ3v) is 9.91. The van der Waals surface area contributed by atoms with Crippen molar-refractivity contribution in [1.29, 1.82) is 0 Å². The van der Waals surface area contributed by atoms with Gasteiger partial charge in [-0.05, 0) is 65.1 Å². The van der Waals surface area contributed by atoms with Crippen LogP contribution in [0.3, 0.4) is 0 Å². The number of hydrogen-bond acceptors (Lipinski definition) is 7. The molecular weight excluding hydrogens is 586 g/mol. The first kappa shape index (κ1) is 27.9. The van der Waals surface area contributed by atoms with E-state index in [0.717, 1.165) is 22.3 Å². The van der Waals surface area contributed by atoms with Crippen LogP contribution in [0.2, 0.25) is 0 Å². The van der Waals surface area contributed by atoms with E-state index in [2.05, 4.69) is 24.3 Å². The van der Waals surface area contributed by atoms with Crippen LogP contribution in [0.5, 0.6) is 5.75 Å². The average Bonchev–Trinajstić information content (AvgIpc) is 3.58. The predicted octanol–water partition coefficient (Wildman–Crippen LogP) is 5.26. The highest BCUT2D eigenvalue weighted by molar-refractivity contribution is 6.23. The van der Waals surface area contributed by atoms with Crippen LogP contribution >= 0.6 is 0 Å². The third kappa shape index (κ3) is 4.02. The molecule has 4 aromatic rings. The van der Waals surface area contributed by atoms with Crippen molar-refractivity contribution in [3.05, 3.63) is 129 Å². The van der Waals surface area contributed by atoms with Gasteiger partial charge in [0.15, 0.2) is 0 Å². The maximum atomic E-state index is 14.1. The van der Waals surface area contributed by atoms with E-state index >= 15 is 0 Å². The van der Waals surface area contributed by atoms with Crippen LogP contribution in [0, 0.1) is 34.8 Å². The lowest BCUT2D eigenvalue weighted by Crippen LogP contribution is -2.41. The maximum Gasteiger partial charge on any atom is 0.316 e. The second-order valence-corrected chi connectivity index (χ2v) is 12.3. The van der Waals surface area contributed by atoms with Crippen LogP contribution < -0.4 is 14.5 Å². The van der Waals surface area contributed by atoms with Gasteiger partial charge >= 0.3 is 5.97 Å². The molecule has 2 aliphatic heterocycles. The monoisotopic (exact) mass is 613 g/mol. The Morgan fingerprint density at radius 1 is 0.804 bits per heavy atom. The summed E-state index contributed by atoms with van der Waals surface area (Å²) in [5, 5.41) is 11.0. The Kier molecular flexibility index (Phi) is 6.18. The molecule has 2 fully saturated rings. The second-order valence-electron chi connectivity index (χ2n) is 12.3. The molecule has 2 saturated heterocycles. The molecule has 228 valence electrons. The van der Waals surface area contributed by atoms with Crippen LogP contribution in [0.1, 0.15) is 46.1 Å². The van der Waals surface area contributed by atoms with Crippen molar-refractivity contribution in [3.8, 4) is 5.75 Å².